The maximum atomic E-state index is 4.76. The van der Waals surface area contributed by atoms with Crippen LogP contribution in [-0.2, 0) is 13.1 Å². The summed E-state index contributed by atoms with van der Waals surface area (Å²) in [6.07, 6.45) is 5.21. The summed E-state index contributed by atoms with van der Waals surface area (Å²) in [5.74, 6) is 0.873. The summed E-state index contributed by atoms with van der Waals surface area (Å²) >= 11 is 1.65. The van der Waals surface area contributed by atoms with E-state index in [1.807, 2.05) is 11.6 Å². The molecule has 0 bridgehead atoms. The zero-order chi connectivity index (χ0) is 19.3. The average Bonchev–Trinajstić information content (AvgIpc) is 3.36. The first-order valence-corrected chi connectivity index (χ1v) is 10.8. The topological polar surface area (TPSA) is 57.0 Å². The summed E-state index contributed by atoms with van der Waals surface area (Å²) in [5.41, 5.74) is 2.37. The van der Waals surface area contributed by atoms with E-state index < -0.39 is 0 Å². The molecule has 0 saturated carbocycles. The number of rotatable bonds is 6. The van der Waals surface area contributed by atoms with Crippen LogP contribution >= 0.6 is 11.3 Å². The van der Waals surface area contributed by atoms with Crippen LogP contribution in [0.25, 0.3) is 4.96 Å². The summed E-state index contributed by atoms with van der Waals surface area (Å²) in [6.45, 7) is 7.87. The molecule has 0 spiro atoms. The number of nitrogens with one attached hydrogen (secondary N) is 2. The molecule has 2 N–H and O–H groups in total. The fourth-order valence-corrected chi connectivity index (χ4v) is 4.49. The van der Waals surface area contributed by atoms with Crippen molar-refractivity contribution in [1.29, 1.82) is 0 Å². The molecule has 2 unspecified atom stereocenters. The van der Waals surface area contributed by atoms with Crippen molar-refractivity contribution < 1.29 is 0 Å². The van der Waals surface area contributed by atoms with E-state index in [-0.39, 0.29) is 0 Å². The molecule has 0 aliphatic carbocycles. The number of thiazole rings is 1. The fourth-order valence-electron chi connectivity index (χ4n) is 3.77. The Hall–Kier alpha value is -2.38. The quantitative estimate of drug-likeness (QED) is 0.497. The van der Waals surface area contributed by atoms with Gasteiger partial charge in [0.25, 0.3) is 0 Å². The molecule has 1 aliphatic heterocycles. The number of likely N-dealkylation sites (tertiary alicyclic amines) is 1. The molecule has 7 heteroatoms. The van der Waals surface area contributed by atoms with Crippen molar-refractivity contribution >= 4 is 22.3 Å². The maximum absolute atomic E-state index is 4.76. The number of guanidine groups is 1. The molecular formula is C21H28N6S. The van der Waals surface area contributed by atoms with Crippen molar-refractivity contribution in [2.45, 2.75) is 45.4 Å². The highest BCUT2D eigenvalue weighted by molar-refractivity contribution is 7.15. The molecule has 148 valence electrons. The van der Waals surface area contributed by atoms with Crippen molar-refractivity contribution in [3.8, 4) is 0 Å². The molecule has 1 fully saturated rings. The van der Waals surface area contributed by atoms with Crippen molar-refractivity contribution in [3.63, 3.8) is 0 Å². The second kappa shape index (κ2) is 8.75. The molecule has 2 aromatic heterocycles. The SMILES string of the molecule is CCNC(=NCc1cn2ccsc2n1)NC1CC(C)N(Cc2ccccc2)C1. The average molecular weight is 397 g/mol. The van der Waals surface area contributed by atoms with Crippen LogP contribution in [0.3, 0.4) is 0 Å². The van der Waals surface area contributed by atoms with Crippen molar-refractivity contribution in [1.82, 2.24) is 24.9 Å². The lowest BCUT2D eigenvalue weighted by atomic mass is 10.2. The molecule has 1 aromatic carbocycles. The van der Waals surface area contributed by atoms with E-state index in [1.165, 1.54) is 5.56 Å². The third kappa shape index (κ3) is 4.54. The smallest absolute Gasteiger partial charge is 0.193 e. The van der Waals surface area contributed by atoms with Crippen LogP contribution < -0.4 is 10.6 Å². The number of benzene rings is 1. The first-order chi connectivity index (χ1) is 13.7. The van der Waals surface area contributed by atoms with Gasteiger partial charge in [-0.1, -0.05) is 30.3 Å². The van der Waals surface area contributed by atoms with Crippen LogP contribution in [0, 0.1) is 0 Å². The van der Waals surface area contributed by atoms with Gasteiger partial charge in [0, 0.05) is 49.5 Å². The van der Waals surface area contributed by atoms with Gasteiger partial charge in [0.05, 0.1) is 12.2 Å². The van der Waals surface area contributed by atoms with Gasteiger partial charge in [-0.2, -0.15) is 0 Å². The lowest BCUT2D eigenvalue weighted by Gasteiger charge is -2.21. The summed E-state index contributed by atoms with van der Waals surface area (Å²) in [5, 5.41) is 9.05. The monoisotopic (exact) mass is 396 g/mol. The number of hydrogen-bond donors (Lipinski definition) is 2. The Balaban J connectivity index is 1.36. The van der Waals surface area contributed by atoms with Gasteiger partial charge in [-0.15, -0.1) is 11.3 Å². The van der Waals surface area contributed by atoms with Gasteiger partial charge in [-0.25, -0.2) is 9.98 Å². The van der Waals surface area contributed by atoms with Crippen LogP contribution in [0.4, 0.5) is 0 Å². The van der Waals surface area contributed by atoms with Gasteiger partial charge in [0.1, 0.15) is 0 Å². The fraction of sp³-hybridized carbons (Fsp3) is 0.429. The zero-order valence-corrected chi connectivity index (χ0v) is 17.3. The van der Waals surface area contributed by atoms with Crippen LogP contribution in [0.2, 0.25) is 0 Å². The van der Waals surface area contributed by atoms with Crippen LogP contribution in [0.15, 0.2) is 53.1 Å². The molecular weight excluding hydrogens is 368 g/mol. The van der Waals surface area contributed by atoms with Crippen molar-refractivity contribution in [2.75, 3.05) is 13.1 Å². The van der Waals surface area contributed by atoms with E-state index in [9.17, 15) is 0 Å². The summed E-state index contributed by atoms with van der Waals surface area (Å²) < 4.78 is 2.05. The molecule has 4 rings (SSSR count). The van der Waals surface area contributed by atoms with E-state index in [0.29, 0.717) is 18.6 Å². The van der Waals surface area contributed by atoms with Crippen LogP contribution in [0.1, 0.15) is 31.5 Å². The molecule has 2 atom stereocenters. The molecule has 3 heterocycles. The number of imidazole rings is 1. The van der Waals surface area contributed by atoms with E-state index in [4.69, 9.17) is 4.99 Å². The number of nitrogens with zero attached hydrogens (tertiary/aromatic N) is 4. The highest BCUT2D eigenvalue weighted by Gasteiger charge is 2.29. The Morgan fingerprint density at radius 2 is 2.18 bits per heavy atom. The summed E-state index contributed by atoms with van der Waals surface area (Å²) in [7, 11) is 0. The second-order valence-electron chi connectivity index (χ2n) is 7.36. The Labute approximate surface area is 170 Å². The number of aliphatic imine (C=N–C) groups is 1. The van der Waals surface area contributed by atoms with Crippen molar-refractivity contribution in [2.24, 2.45) is 4.99 Å². The Kier molecular flexibility index (Phi) is 5.92. The third-order valence-corrected chi connectivity index (χ3v) is 5.93. The van der Waals surface area contributed by atoms with Crippen molar-refractivity contribution in [3.05, 3.63) is 59.4 Å². The van der Waals surface area contributed by atoms with E-state index >= 15 is 0 Å². The Morgan fingerprint density at radius 3 is 2.96 bits per heavy atom. The van der Waals surface area contributed by atoms with Crippen LogP contribution in [-0.4, -0.2) is 45.4 Å². The summed E-state index contributed by atoms with van der Waals surface area (Å²) in [4.78, 5) is 12.9. The molecule has 0 amide bonds. The van der Waals surface area contributed by atoms with Crippen LogP contribution in [0.5, 0.6) is 0 Å². The number of aromatic nitrogens is 2. The first-order valence-electron chi connectivity index (χ1n) is 9.95. The first kappa shape index (κ1) is 19.0. The van der Waals surface area contributed by atoms with E-state index in [0.717, 1.165) is 42.7 Å². The predicted molar refractivity (Wildman–Crippen MR) is 116 cm³/mol. The minimum atomic E-state index is 0.405. The third-order valence-electron chi connectivity index (χ3n) is 5.16. The predicted octanol–water partition coefficient (Wildman–Crippen LogP) is 3.11. The zero-order valence-electron chi connectivity index (χ0n) is 16.5. The lowest BCUT2D eigenvalue weighted by molar-refractivity contribution is 0.258. The molecule has 6 nitrogen and oxygen atoms in total. The minimum absolute atomic E-state index is 0.405. The van der Waals surface area contributed by atoms with Gasteiger partial charge in [-0.3, -0.25) is 9.30 Å². The largest absolute Gasteiger partial charge is 0.357 e. The Morgan fingerprint density at radius 1 is 1.32 bits per heavy atom. The normalized spacial score (nSPS) is 20.7. The maximum Gasteiger partial charge on any atom is 0.193 e. The molecule has 0 radical (unpaired) electrons. The lowest BCUT2D eigenvalue weighted by Crippen LogP contribution is -2.44. The molecule has 1 aliphatic rings. The number of fused-ring (bicyclic) bond motifs is 1. The second-order valence-corrected chi connectivity index (χ2v) is 8.23. The van der Waals surface area contributed by atoms with Gasteiger partial charge in [-0.05, 0) is 25.8 Å². The minimum Gasteiger partial charge on any atom is -0.357 e. The van der Waals surface area contributed by atoms with Gasteiger partial charge < -0.3 is 10.6 Å². The highest BCUT2D eigenvalue weighted by atomic mass is 32.1. The van der Waals surface area contributed by atoms with Gasteiger partial charge >= 0.3 is 0 Å². The summed E-state index contributed by atoms with van der Waals surface area (Å²) in [6, 6.07) is 11.7. The van der Waals surface area contributed by atoms with Gasteiger partial charge in [0.15, 0.2) is 10.9 Å². The Bertz CT molecular complexity index is 887. The molecule has 3 aromatic rings. The van der Waals surface area contributed by atoms with Gasteiger partial charge in [0.2, 0.25) is 0 Å². The standard InChI is InChI=1S/C21H28N6S/c1-3-22-20(23-12-19-15-26-9-10-28-21(26)25-19)24-18-11-16(2)27(14-18)13-17-7-5-4-6-8-17/h4-10,15-16,18H,3,11-14H2,1-2H3,(H2,22,23,24). The number of hydrogen-bond acceptors (Lipinski definition) is 4. The van der Waals surface area contributed by atoms with E-state index in [1.54, 1.807) is 11.3 Å². The highest BCUT2D eigenvalue weighted by Crippen LogP contribution is 2.20. The molecule has 1 saturated heterocycles. The van der Waals surface area contributed by atoms with E-state index in [2.05, 4.69) is 75.3 Å². The molecule has 28 heavy (non-hydrogen) atoms.